The number of hydrogen-bond acceptors (Lipinski definition) is 4. The molecule has 1 aliphatic rings. The van der Waals surface area contributed by atoms with E-state index in [0.717, 1.165) is 17.7 Å². The number of benzene rings is 2. The smallest absolute Gasteiger partial charge is 0.316 e. The molecule has 0 saturated carbocycles. The summed E-state index contributed by atoms with van der Waals surface area (Å²) in [6, 6.07) is 11.1. The second kappa shape index (κ2) is 8.74. The highest BCUT2D eigenvalue weighted by atomic mass is 35.5. The number of rotatable bonds is 5. The summed E-state index contributed by atoms with van der Waals surface area (Å²) in [6.07, 6.45) is 0.793. The lowest BCUT2D eigenvalue weighted by Crippen LogP contribution is -2.38. The van der Waals surface area contributed by atoms with Crippen LogP contribution >= 0.6 is 46.6 Å². The van der Waals surface area contributed by atoms with Gasteiger partial charge in [0.05, 0.1) is 20.8 Å². The fraction of sp³-hybridized carbons (Fsp3) is 0.263. The van der Waals surface area contributed by atoms with Crippen LogP contribution in [0.4, 0.5) is 5.69 Å². The predicted molar refractivity (Wildman–Crippen MR) is 110 cm³/mol. The quantitative estimate of drug-likeness (QED) is 0.358. The van der Waals surface area contributed by atoms with E-state index < -0.39 is 5.97 Å². The molecule has 0 bridgehead atoms. The number of nitrogens with zero attached hydrogens (tertiary/aromatic N) is 1. The topological polar surface area (TPSA) is 46.6 Å². The number of amides is 1. The van der Waals surface area contributed by atoms with Crippen LogP contribution in [0.5, 0.6) is 0 Å². The third kappa shape index (κ3) is 4.54. The zero-order valence-corrected chi connectivity index (χ0v) is 17.5. The number of anilines is 1. The van der Waals surface area contributed by atoms with Gasteiger partial charge in [0.15, 0.2) is 6.61 Å². The molecule has 2 aromatic rings. The molecule has 142 valence electrons. The molecule has 8 heteroatoms. The molecule has 2 aromatic carbocycles. The van der Waals surface area contributed by atoms with Crippen molar-refractivity contribution in [3.8, 4) is 0 Å². The van der Waals surface area contributed by atoms with Crippen molar-refractivity contribution in [3.63, 3.8) is 0 Å². The minimum absolute atomic E-state index is 0.0110. The summed E-state index contributed by atoms with van der Waals surface area (Å²) in [5.41, 5.74) is 2.00. The van der Waals surface area contributed by atoms with Gasteiger partial charge in [-0.1, -0.05) is 53.0 Å². The number of para-hydroxylation sites is 1. The minimum atomic E-state index is -0.504. The number of fused-ring (bicyclic) bond motifs is 1. The highest BCUT2D eigenvalue weighted by molar-refractivity contribution is 8.00. The van der Waals surface area contributed by atoms with Crippen molar-refractivity contribution in [2.24, 2.45) is 0 Å². The van der Waals surface area contributed by atoms with Gasteiger partial charge in [0.2, 0.25) is 0 Å². The van der Waals surface area contributed by atoms with Crippen LogP contribution in [-0.4, -0.2) is 30.3 Å². The zero-order valence-electron chi connectivity index (χ0n) is 14.4. The first-order valence-electron chi connectivity index (χ1n) is 8.20. The number of halogens is 3. The summed E-state index contributed by atoms with van der Waals surface area (Å²) in [5, 5.41) is 0.883. The highest BCUT2D eigenvalue weighted by Crippen LogP contribution is 2.37. The largest absolute Gasteiger partial charge is 0.455 e. The van der Waals surface area contributed by atoms with Crippen LogP contribution in [0.15, 0.2) is 41.3 Å². The molecule has 0 spiro atoms. The Morgan fingerprint density at radius 3 is 2.67 bits per heavy atom. The summed E-state index contributed by atoms with van der Waals surface area (Å²) < 4.78 is 5.14. The molecule has 3 rings (SSSR count). The van der Waals surface area contributed by atoms with E-state index in [1.807, 2.05) is 31.2 Å². The Labute approximate surface area is 176 Å². The van der Waals surface area contributed by atoms with Gasteiger partial charge in [-0.3, -0.25) is 9.59 Å². The molecule has 1 aliphatic heterocycles. The van der Waals surface area contributed by atoms with Gasteiger partial charge in [-0.25, -0.2) is 0 Å². The van der Waals surface area contributed by atoms with Crippen LogP contribution in [0.25, 0.3) is 0 Å². The standard InChI is InChI=1S/C19H16Cl3NO3S/c1-11-8-12-4-2-3-5-14(12)23(11)16(24)9-26-17(25)10-27-15-7-6-13(20)18(21)19(15)22/h2-7,11H,8-10H2,1H3. The van der Waals surface area contributed by atoms with Gasteiger partial charge in [-0.2, -0.15) is 0 Å². The van der Waals surface area contributed by atoms with Gasteiger partial charge in [-0.15, -0.1) is 11.8 Å². The highest BCUT2D eigenvalue weighted by Gasteiger charge is 2.30. The minimum Gasteiger partial charge on any atom is -0.455 e. The van der Waals surface area contributed by atoms with Gasteiger partial charge in [0.25, 0.3) is 5.91 Å². The summed E-state index contributed by atoms with van der Waals surface area (Å²) in [7, 11) is 0. The van der Waals surface area contributed by atoms with Gasteiger partial charge in [-0.05, 0) is 37.1 Å². The van der Waals surface area contributed by atoms with Crippen LogP contribution in [0.1, 0.15) is 12.5 Å². The fourth-order valence-electron chi connectivity index (χ4n) is 2.96. The normalized spacial score (nSPS) is 15.6. The number of esters is 1. The Balaban J connectivity index is 1.54. The van der Waals surface area contributed by atoms with Crippen LogP contribution in [0.3, 0.4) is 0 Å². The first kappa shape index (κ1) is 20.3. The van der Waals surface area contributed by atoms with Crippen molar-refractivity contribution in [3.05, 3.63) is 57.0 Å². The zero-order chi connectivity index (χ0) is 19.6. The first-order valence-corrected chi connectivity index (χ1v) is 10.3. The predicted octanol–water partition coefficient (Wildman–Crippen LogP) is 5.26. The van der Waals surface area contributed by atoms with E-state index in [0.29, 0.717) is 14.9 Å². The lowest BCUT2D eigenvalue weighted by molar-refractivity contribution is -0.145. The van der Waals surface area contributed by atoms with Crippen molar-refractivity contribution in [1.82, 2.24) is 0 Å². The Kier molecular flexibility index (Phi) is 6.58. The Hall–Kier alpha value is -1.40. The van der Waals surface area contributed by atoms with Crippen molar-refractivity contribution in [2.75, 3.05) is 17.3 Å². The molecule has 27 heavy (non-hydrogen) atoms. The molecule has 0 saturated heterocycles. The Morgan fingerprint density at radius 2 is 1.89 bits per heavy atom. The number of thioether (sulfide) groups is 1. The molecule has 0 aromatic heterocycles. The Bertz CT molecular complexity index is 890. The van der Waals surface area contributed by atoms with E-state index >= 15 is 0 Å². The molecule has 1 atom stereocenters. The van der Waals surface area contributed by atoms with Crippen LogP contribution in [0.2, 0.25) is 15.1 Å². The summed E-state index contributed by atoms with van der Waals surface area (Å²) in [6.45, 7) is 1.68. The number of carbonyl (C=O) groups excluding carboxylic acids is 2. The second-order valence-electron chi connectivity index (χ2n) is 6.07. The van der Waals surface area contributed by atoms with Gasteiger partial charge >= 0.3 is 5.97 Å². The van der Waals surface area contributed by atoms with Crippen LogP contribution in [0, 0.1) is 0 Å². The maximum Gasteiger partial charge on any atom is 0.316 e. The van der Waals surface area contributed by atoms with Gasteiger partial charge in [0, 0.05) is 16.6 Å². The number of hydrogen-bond donors (Lipinski definition) is 0. The van der Waals surface area contributed by atoms with E-state index in [1.54, 1.807) is 17.0 Å². The van der Waals surface area contributed by atoms with Crippen molar-refractivity contribution in [1.29, 1.82) is 0 Å². The molecule has 1 unspecified atom stereocenters. The maximum absolute atomic E-state index is 12.5. The third-order valence-electron chi connectivity index (χ3n) is 4.18. The molecule has 1 heterocycles. The SMILES string of the molecule is CC1Cc2ccccc2N1C(=O)COC(=O)CSc1ccc(Cl)c(Cl)c1Cl. The fourth-order valence-corrected chi connectivity index (χ4v) is 4.46. The maximum atomic E-state index is 12.5. The summed E-state index contributed by atoms with van der Waals surface area (Å²) in [5.74, 6) is -0.731. The van der Waals surface area contributed by atoms with Gasteiger partial charge < -0.3 is 9.64 Å². The van der Waals surface area contributed by atoms with Crippen LogP contribution in [-0.2, 0) is 20.7 Å². The second-order valence-corrected chi connectivity index (χ2v) is 8.25. The van der Waals surface area contributed by atoms with Crippen LogP contribution < -0.4 is 4.90 Å². The Morgan fingerprint density at radius 1 is 1.15 bits per heavy atom. The molecule has 4 nitrogen and oxygen atoms in total. The summed E-state index contributed by atoms with van der Waals surface area (Å²) in [4.78, 5) is 26.8. The summed E-state index contributed by atoms with van der Waals surface area (Å²) >= 11 is 19.2. The first-order chi connectivity index (χ1) is 12.9. The van der Waals surface area contributed by atoms with Crippen molar-refractivity contribution < 1.29 is 14.3 Å². The average Bonchev–Trinajstić information content (AvgIpc) is 2.99. The van der Waals surface area contributed by atoms with E-state index in [9.17, 15) is 9.59 Å². The molecular formula is C19H16Cl3NO3S. The molecule has 0 fully saturated rings. The van der Waals surface area contributed by atoms with E-state index in [4.69, 9.17) is 39.5 Å². The number of ether oxygens (including phenoxy) is 1. The molecule has 0 radical (unpaired) electrons. The monoisotopic (exact) mass is 443 g/mol. The molecule has 1 amide bonds. The van der Waals surface area contributed by atoms with Gasteiger partial charge in [0.1, 0.15) is 0 Å². The molecule has 0 N–H and O–H groups in total. The number of carbonyl (C=O) groups is 2. The molecule has 0 aliphatic carbocycles. The van der Waals surface area contributed by atoms with E-state index in [1.165, 1.54) is 11.8 Å². The van der Waals surface area contributed by atoms with E-state index in [-0.39, 0.29) is 29.3 Å². The van der Waals surface area contributed by atoms with Crippen molar-refractivity contribution >= 4 is 64.1 Å². The van der Waals surface area contributed by atoms with Crippen molar-refractivity contribution in [2.45, 2.75) is 24.3 Å². The lowest BCUT2D eigenvalue weighted by atomic mass is 10.1. The molecular weight excluding hydrogens is 429 g/mol. The lowest BCUT2D eigenvalue weighted by Gasteiger charge is -2.22. The third-order valence-corrected chi connectivity index (χ3v) is 6.61. The average molecular weight is 445 g/mol. The van der Waals surface area contributed by atoms with E-state index in [2.05, 4.69) is 0 Å².